The molecule has 0 aliphatic rings. The number of anilines is 1. The van der Waals surface area contributed by atoms with Gasteiger partial charge in [-0.2, -0.15) is 4.63 Å². The van der Waals surface area contributed by atoms with Crippen LogP contribution in [0.1, 0.15) is 136 Å². The zero-order chi connectivity index (χ0) is 35.9. The van der Waals surface area contributed by atoms with Crippen molar-refractivity contribution < 1.29 is 18.6 Å². The molecule has 2 unspecified atom stereocenters. The maximum absolute atomic E-state index is 14.0. The van der Waals surface area contributed by atoms with Gasteiger partial charge in [-0.3, -0.25) is 14.4 Å². The summed E-state index contributed by atoms with van der Waals surface area (Å²) < 4.78 is 27.5. The fourth-order valence-corrected chi connectivity index (χ4v) is 6.95. The van der Waals surface area contributed by atoms with Crippen LogP contribution < -0.4 is 14.6 Å². The molecule has 0 aliphatic carbocycles. The van der Waals surface area contributed by atoms with E-state index in [2.05, 4.69) is 50.1 Å². The number of aromatic nitrogens is 4. The van der Waals surface area contributed by atoms with Crippen LogP contribution in [0.5, 0.6) is 11.5 Å². The van der Waals surface area contributed by atoms with Crippen LogP contribution >= 0.6 is 8.03 Å². The number of nitrogens with one attached hydrogen (secondary N) is 2. The van der Waals surface area contributed by atoms with E-state index in [1.165, 1.54) is 44.9 Å². The third-order valence-electron chi connectivity index (χ3n) is 9.05. The van der Waals surface area contributed by atoms with E-state index in [1.54, 1.807) is 16.8 Å². The Hall–Kier alpha value is -3.71. The Morgan fingerprint density at radius 1 is 0.880 bits per heavy atom. The molecule has 4 rings (SSSR count). The number of ether oxygens (including phenoxy) is 1. The first-order chi connectivity index (χ1) is 24.1. The Balaban J connectivity index is 1.50. The van der Waals surface area contributed by atoms with Crippen molar-refractivity contribution in [2.45, 2.75) is 143 Å². The summed E-state index contributed by atoms with van der Waals surface area (Å²) in [5.74, 6) is 1.24. The van der Waals surface area contributed by atoms with Crippen LogP contribution in [0.2, 0.25) is 0 Å². The van der Waals surface area contributed by atoms with Gasteiger partial charge in [0.2, 0.25) is 0 Å². The van der Waals surface area contributed by atoms with Gasteiger partial charge in [0.15, 0.2) is 17.2 Å². The molecule has 0 saturated heterocycles. The highest BCUT2D eigenvalue weighted by Gasteiger charge is 2.41. The lowest BCUT2D eigenvalue weighted by Gasteiger charge is -2.15. The number of aromatic amines is 1. The molecular weight excluding hydrogens is 645 g/mol. The fourth-order valence-electron chi connectivity index (χ4n) is 5.85. The van der Waals surface area contributed by atoms with Gasteiger partial charge < -0.3 is 10.1 Å². The zero-order valence-corrected chi connectivity index (χ0v) is 32.1. The second-order valence-electron chi connectivity index (χ2n) is 14.6. The number of fused-ring (bicyclic) bond motifs is 1. The lowest BCUT2D eigenvalue weighted by atomic mass is 9.93. The van der Waals surface area contributed by atoms with Gasteiger partial charge in [-0.15, -0.1) is 5.10 Å². The maximum Gasteiger partial charge on any atom is 0.569 e. The molecule has 0 bridgehead atoms. The quantitative estimate of drug-likeness (QED) is 0.0622. The molecule has 0 spiro atoms. The lowest BCUT2D eigenvalue weighted by Crippen LogP contribution is -2.26. The molecule has 50 heavy (non-hydrogen) atoms. The molecule has 0 radical (unpaired) electrons. The van der Waals surface area contributed by atoms with E-state index in [-0.39, 0.29) is 11.3 Å². The first kappa shape index (κ1) is 39.1. The van der Waals surface area contributed by atoms with E-state index >= 15 is 0 Å². The van der Waals surface area contributed by atoms with Crippen molar-refractivity contribution in [3.8, 4) is 22.9 Å². The Morgan fingerprint density at radius 2 is 1.52 bits per heavy atom. The van der Waals surface area contributed by atoms with Crippen molar-refractivity contribution >= 4 is 25.3 Å². The molecule has 9 nitrogen and oxygen atoms in total. The molecule has 0 aliphatic heterocycles. The number of H-pyrrole nitrogens is 1. The number of carbonyl (C=O) groups excluding carboxylic acids is 1. The predicted octanol–water partition coefficient (Wildman–Crippen LogP) is 11.3. The fraction of sp³-hybridized carbons (Fsp3) is 0.575. The summed E-state index contributed by atoms with van der Waals surface area (Å²) in [5.41, 5.74) is 3.20. The van der Waals surface area contributed by atoms with Gasteiger partial charge in [-0.25, -0.2) is 4.98 Å². The van der Waals surface area contributed by atoms with Gasteiger partial charge in [-0.05, 0) is 54.7 Å². The molecule has 1 amide bonds. The maximum atomic E-state index is 14.0. The first-order valence-electron chi connectivity index (χ1n) is 18.8. The molecule has 2 atom stereocenters. The van der Waals surface area contributed by atoms with Crippen molar-refractivity contribution in [1.29, 1.82) is 0 Å². The van der Waals surface area contributed by atoms with Crippen LogP contribution in [0.3, 0.4) is 0 Å². The number of carbonyl (C=O) groups is 1. The van der Waals surface area contributed by atoms with E-state index < -0.39 is 13.7 Å². The van der Waals surface area contributed by atoms with Crippen molar-refractivity contribution in [2.24, 2.45) is 0 Å². The van der Waals surface area contributed by atoms with Crippen molar-refractivity contribution in [1.82, 2.24) is 19.8 Å². The molecule has 2 N–H and O–H groups in total. The molecule has 2 heterocycles. The number of nitrogens with zero attached hydrogens (tertiary/aromatic N) is 3. The van der Waals surface area contributed by atoms with E-state index in [9.17, 15) is 9.36 Å². The number of amides is 1. The highest BCUT2D eigenvalue weighted by Crippen LogP contribution is 2.38. The van der Waals surface area contributed by atoms with Gasteiger partial charge in [0.25, 0.3) is 11.6 Å². The molecule has 4 aromatic rings. The standard InChI is InChI=1S/C40H58N5O4P/c1-7-9-11-12-13-14-15-16-17-18-20-35(50(47)49-32-24-21-30(3)22-25-32)39(46)41-33-28-31(23-26-34(33)48-27-19-10-8-2)38-42-37-29-36(40(4,5)6)43-45(37)44-38/h21-26,28-29,35H,7-20,27H2,1-6H3,(H-,41,42,43,44,46)/p+1. The number of hydrogen-bond donors (Lipinski definition) is 2. The minimum atomic E-state index is -2.33. The van der Waals surface area contributed by atoms with Crippen LogP contribution in [0, 0.1) is 6.92 Å². The summed E-state index contributed by atoms with van der Waals surface area (Å²) in [6.07, 6.45) is 15.3. The van der Waals surface area contributed by atoms with Gasteiger partial charge in [-0.1, -0.05) is 123 Å². The van der Waals surface area contributed by atoms with Crippen LogP contribution in [0.15, 0.2) is 48.5 Å². The minimum Gasteiger partial charge on any atom is -0.491 e. The lowest BCUT2D eigenvalue weighted by molar-refractivity contribution is -0.116. The molecule has 2 aromatic carbocycles. The highest BCUT2D eigenvalue weighted by atomic mass is 31.1. The van der Waals surface area contributed by atoms with Gasteiger partial charge in [0, 0.05) is 29.2 Å². The number of unbranched alkanes of at least 4 members (excludes halogenated alkanes) is 11. The number of rotatable bonds is 22. The molecule has 0 fully saturated rings. The smallest absolute Gasteiger partial charge is 0.491 e. The minimum absolute atomic E-state index is 0.0642. The van der Waals surface area contributed by atoms with Crippen molar-refractivity contribution in [3.63, 3.8) is 0 Å². The monoisotopic (exact) mass is 704 g/mol. The predicted molar refractivity (Wildman–Crippen MR) is 205 cm³/mol. The SMILES string of the molecule is CCCCCCCCCCCCC(C(=O)Nc1cc(-c2nc3cc(C(C)(C)C)[nH]n3n2)ccc1OCCCCC)[P+](=O)Oc1ccc(C)cc1. The van der Waals surface area contributed by atoms with Crippen LogP contribution in [0.25, 0.3) is 17.0 Å². The molecule has 272 valence electrons. The zero-order valence-electron chi connectivity index (χ0n) is 31.2. The summed E-state index contributed by atoms with van der Waals surface area (Å²) in [6, 6.07) is 15.0. The first-order valence-corrected chi connectivity index (χ1v) is 20.1. The second-order valence-corrected chi connectivity index (χ2v) is 15.9. The molecule has 0 saturated carbocycles. The third kappa shape index (κ3) is 12.0. The number of aryl methyl sites for hydroxylation is 1. The van der Waals surface area contributed by atoms with E-state index in [0.29, 0.717) is 36.0 Å². The third-order valence-corrected chi connectivity index (χ3v) is 10.4. The number of hydrogen-bond acceptors (Lipinski definition) is 6. The van der Waals surface area contributed by atoms with E-state index in [1.807, 2.05) is 43.3 Å². The summed E-state index contributed by atoms with van der Waals surface area (Å²) in [7, 11) is -2.33. The van der Waals surface area contributed by atoms with Gasteiger partial charge in [0.05, 0.1) is 12.3 Å². The Labute approximate surface area is 300 Å². The molecule has 10 heteroatoms. The largest absolute Gasteiger partial charge is 0.569 e. The summed E-state index contributed by atoms with van der Waals surface area (Å²) in [5, 5.41) is 11.1. The van der Waals surface area contributed by atoms with Crippen LogP contribution in [-0.2, 0) is 14.8 Å². The number of benzene rings is 2. The average Bonchev–Trinajstić information content (AvgIpc) is 3.68. The Morgan fingerprint density at radius 3 is 2.16 bits per heavy atom. The van der Waals surface area contributed by atoms with E-state index in [4.69, 9.17) is 14.2 Å². The summed E-state index contributed by atoms with van der Waals surface area (Å²) in [6.45, 7) is 13.3. The average molecular weight is 705 g/mol. The Kier molecular flexibility index (Phi) is 15.3. The van der Waals surface area contributed by atoms with Crippen LogP contribution in [-0.4, -0.2) is 38.0 Å². The summed E-state index contributed by atoms with van der Waals surface area (Å²) >= 11 is 0. The molecular formula is C40H59N5O4P+. The highest BCUT2D eigenvalue weighted by molar-refractivity contribution is 7.41. The normalized spacial score (nSPS) is 12.6. The van der Waals surface area contributed by atoms with Crippen molar-refractivity contribution in [2.75, 3.05) is 11.9 Å². The topological polar surface area (TPSA) is 111 Å². The van der Waals surface area contributed by atoms with Gasteiger partial charge in [0.1, 0.15) is 5.75 Å². The van der Waals surface area contributed by atoms with Crippen LogP contribution in [0.4, 0.5) is 5.69 Å². The Bertz CT molecular complexity index is 1610. The summed E-state index contributed by atoms with van der Waals surface area (Å²) in [4.78, 5) is 18.8. The molecule has 2 aromatic heterocycles. The van der Waals surface area contributed by atoms with Gasteiger partial charge >= 0.3 is 8.03 Å². The van der Waals surface area contributed by atoms with E-state index in [0.717, 1.165) is 61.0 Å². The second kappa shape index (κ2) is 19.6. The van der Waals surface area contributed by atoms with Crippen molar-refractivity contribution in [3.05, 3.63) is 59.8 Å².